The minimum Gasteiger partial charge on any atom is -0.313 e. The highest BCUT2D eigenvalue weighted by atomic mass is 35.5. The lowest BCUT2D eigenvalue weighted by Gasteiger charge is -2.08. The zero-order valence-corrected chi connectivity index (χ0v) is 15.6. The number of fused-ring (bicyclic) bond motifs is 1. The van der Waals surface area contributed by atoms with E-state index in [-0.39, 0.29) is 28.2 Å². The molecule has 11 heteroatoms. The summed E-state index contributed by atoms with van der Waals surface area (Å²) in [4.78, 5) is 11.2. The van der Waals surface area contributed by atoms with E-state index < -0.39 is 21.8 Å². The maximum atomic E-state index is 12.8. The predicted octanol–water partition coefficient (Wildman–Crippen LogP) is 3.53. The van der Waals surface area contributed by atoms with Crippen LogP contribution in [0.1, 0.15) is 18.6 Å². The lowest BCUT2D eigenvalue weighted by molar-refractivity contribution is -0.144. The molecule has 0 saturated carbocycles. The maximum absolute atomic E-state index is 12.8. The molecule has 0 atom stereocenters. The zero-order valence-electron chi connectivity index (χ0n) is 14.0. The molecule has 0 aliphatic heterocycles. The average Bonchev–Trinajstić information content (AvgIpc) is 2.96. The molecular formula is C16H14ClF3N4O2S. The van der Waals surface area contributed by atoms with Crippen molar-refractivity contribution >= 4 is 32.6 Å². The van der Waals surface area contributed by atoms with Crippen LogP contribution in [-0.2, 0) is 29.0 Å². The van der Waals surface area contributed by atoms with Gasteiger partial charge < -0.3 is 4.57 Å². The number of hydrogen-bond donors (Lipinski definition) is 0. The summed E-state index contributed by atoms with van der Waals surface area (Å²) in [5, 5.41) is 0.417. The quantitative estimate of drug-likeness (QED) is 0.633. The van der Waals surface area contributed by atoms with E-state index in [1.165, 1.54) is 28.8 Å². The molecular weight excluding hydrogens is 405 g/mol. The van der Waals surface area contributed by atoms with Crippen molar-refractivity contribution in [2.24, 2.45) is 0 Å². The summed E-state index contributed by atoms with van der Waals surface area (Å²) in [6, 6.07) is 5.76. The van der Waals surface area contributed by atoms with E-state index in [2.05, 4.69) is 15.0 Å². The van der Waals surface area contributed by atoms with Crippen LogP contribution in [0.4, 0.5) is 13.2 Å². The fraction of sp³-hybridized carbons (Fsp3) is 0.312. The van der Waals surface area contributed by atoms with E-state index >= 15 is 0 Å². The second-order valence-corrected chi connectivity index (χ2v) is 8.24. The summed E-state index contributed by atoms with van der Waals surface area (Å²) >= 11 is 5.76. The second-order valence-electron chi connectivity index (χ2n) is 5.70. The molecule has 0 N–H and O–H groups in total. The lowest BCUT2D eigenvalue weighted by atomic mass is 10.4. The number of aromatic nitrogens is 4. The highest BCUT2D eigenvalue weighted by Crippen LogP contribution is 2.27. The first kappa shape index (κ1) is 19.6. The Bertz CT molecular complexity index is 1080. The van der Waals surface area contributed by atoms with E-state index in [1.807, 2.05) is 0 Å². The topological polar surface area (TPSA) is 77.7 Å². The van der Waals surface area contributed by atoms with Crippen molar-refractivity contribution < 1.29 is 21.6 Å². The molecule has 0 bridgehead atoms. The van der Waals surface area contributed by atoms with Gasteiger partial charge in [-0.1, -0.05) is 11.6 Å². The molecule has 0 aliphatic rings. The van der Waals surface area contributed by atoms with Gasteiger partial charge in [0.1, 0.15) is 11.3 Å². The van der Waals surface area contributed by atoms with Gasteiger partial charge in [-0.3, -0.25) is 0 Å². The number of benzene rings is 1. The largest absolute Gasteiger partial charge is 0.451 e. The highest BCUT2D eigenvalue weighted by molar-refractivity contribution is 7.91. The summed E-state index contributed by atoms with van der Waals surface area (Å²) in [5.41, 5.74) is 0.211. The van der Waals surface area contributed by atoms with Gasteiger partial charge in [0, 0.05) is 18.0 Å². The number of hydrogen-bond acceptors (Lipinski definition) is 5. The van der Waals surface area contributed by atoms with Crippen molar-refractivity contribution in [1.29, 1.82) is 0 Å². The van der Waals surface area contributed by atoms with Gasteiger partial charge in [0.25, 0.3) is 0 Å². The molecule has 27 heavy (non-hydrogen) atoms. The average molecular weight is 419 g/mol. The number of halogens is 4. The Morgan fingerprint density at radius 1 is 1.15 bits per heavy atom. The maximum Gasteiger partial charge on any atom is 0.451 e. The first-order chi connectivity index (χ1) is 12.6. The van der Waals surface area contributed by atoms with Gasteiger partial charge in [-0.25, -0.2) is 23.4 Å². The molecule has 3 rings (SSSR count). The number of alkyl halides is 3. The number of imidazole rings is 1. The fourth-order valence-corrected chi connectivity index (χ4v) is 3.97. The van der Waals surface area contributed by atoms with Crippen LogP contribution in [-0.4, -0.2) is 33.7 Å². The van der Waals surface area contributed by atoms with Gasteiger partial charge in [-0.2, -0.15) is 13.2 Å². The predicted molar refractivity (Wildman–Crippen MR) is 93.2 cm³/mol. The molecule has 0 spiro atoms. The molecule has 0 amide bonds. The molecule has 0 aliphatic carbocycles. The third kappa shape index (κ3) is 4.06. The number of rotatable bonds is 5. The Labute approximate surface area is 157 Å². The summed E-state index contributed by atoms with van der Waals surface area (Å²) < 4.78 is 64.9. The van der Waals surface area contributed by atoms with Crippen molar-refractivity contribution in [3.63, 3.8) is 0 Å². The first-order valence-corrected chi connectivity index (χ1v) is 9.92. The van der Waals surface area contributed by atoms with Crippen molar-refractivity contribution in [2.75, 3.05) is 5.75 Å². The third-order valence-corrected chi connectivity index (χ3v) is 5.89. The van der Waals surface area contributed by atoms with Gasteiger partial charge in [0.15, 0.2) is 15.5 Å². The third-order valence-electron chi connectivity index (χ3n) is 3.90. The van der Waals surface area contributed by atoms with Crippen molar-refractivity contribution in [2.45, 2.75) is 31.0 Å². The van der Waals surface area contributed by atoms with Gasteiger partial charge in [-0.15, -0.1) is 0 Å². The number of sulfone groups is 1. The molecule has 0 unspecified atom stereocenters. The van der Waals surface area contributed by atoms with E-state index in [0.717, 1.165) is 6.20 Å². The second kappa shape index (κ2) is 7.08. The Morgan fingerprint density at radius 3 is 2.41 bits per heavy atom. The monoisotopic (exact) mass is 418 g/mol. The normalized spacial score (nSPS) is 12.6. The molecule has 6 nitrogen and oxygen atoms in total. The van der Waals surface area contributed by atoms with Crippen molar-refractivity contribution in [3.05, 3.63) is 47.1 Å². The van der Waals surface area contributed by atoms with Crippen LogP contribution in [0.3, 0.4) is 0 Å². The van der Waals surface area contributed by atoms with Crippen LogP contribution in [0.25, 0.3) is 11.2 Å². The SMILES string of the molecule is CCn1c(CCS(=O)(=O)c2ccc(Cl)cc2)nc2cnc(C(F)(F)F)nc21. The summed E-state index contributed by atoms with van der Waals surface area (Å²) in [7, 11) is -3.60. The molecule has 0 radical (unpaired) electrons. The Hall–Kier alpha value is -2.20. The molecule has 0 fully saturated rings. The summed E-state index contributed by atoms with van der Waals surface area (Å²) in [5.74, 6) is -1.18. The fourth-order valence-electron chi connectivity index (χ4n) is 2.61. The molecule has 1 aromatic carbocycles. The summed E-state index contributed by atoms with van der Waals surface area (Å²) in [6.07, 6.45) is -3.65. The van der Waals surface area contributed by atoms with Crippen LogP contribution in [0.5, 0.6) is 0 Å². The van der Waals surface area contributed by atoms with Crippen LogP contribution >= 0.6 is 11.6 Å². The minimum atomic E-state index is -4.67. The van der Waals surface area contributed by atoms with E-state index in [9.17, 15) is 21.6 Å². The number of nitrogens with zero attached hydrogens (tertiary/aromatic N) is 4. The van der Waals surface area contributed by atoms with Gasteiger partial charge in [-0.05, 0) is 31.2 Å². The minimum absolute atomic E-state index is 0.0243. The van der Waals surface area contributed by atoms with Gasteiger partial charge >= 0.3 is 6.18 Å². The standard InChI is InChI=1S/C16H14ClF3N4O2S/c1-2-24-13(7-8-27(25,26)11-5-3-10(17)4-6-11)22-12-9-21-15(16(18,19)20)23-14(12)24/h3-6,9H,2,7-8H2,1H3. The van der Waals surface area contributed by atoms with Crippen LogP contribution < -0.4 is 0 Å². The van der Waals surface area contributed by atoms with Crippen LogP contribution in [0, 0.1) is 0 Å². The van der Waals surface area contributed by atoms with Crippen molar-refractivity contribution in [3.8, 4) is 0 Å². The number of aryl methyl sites for hydroxylation is 2. The lowest BCUT2D eigenvalue weighted by Crippen LogP contribution is -2.13. The molecule has 3 aromatic rings. The van der Waals surface area contributed by atoms with Crippen molar-refractivity contribution in [1.82, 2.24) is 19.5 Å². The zero-order chi connectivity index (χ0) is 19.8. The molecule has 2 heterocycles. The van der Waals surface area contributed by atoms with Gasteiger partial charge in [0.05, 0.1) is 16.8 Å². The Morgan fingerprint density at radius 2 is 1.81 bits per heavy atom. The van der Waals surface area contributed by atoms with E-state index in [0.29, 0.717) is 17.4 Å². The van der Waals surface area contributed by atoms with Crippen LogP contribution in [0.2, 0.25) is 5.02 Å². The highest BCUT2D eigenvalue weighted by Gasteiger charge is 2.35. The summed E-state index contributed by atoms with van der Waals surface area (Å²) in [6.45, 7) is 2.01. The van der Waals surface area contributed by atoms with E-state index in [1.54, 1.807) is 6.92 Å². The van der Waals surface area contributed by atoms with E-state index in [4.69, 9.17) is 11.6 Å². The molecule has 0 saturated heterocycles. The smallest absolute Gasteiger partial charge is 0.313 e. The van der Waals surface area contributed by atoms with Crippen LogP contribution in [0.15, 0.2) is 35.4 Å². The first-order valence-electron chi connectivity index (χ1n) is 7.89. The molecule has 2 aromatic heterocycles. The Kier molecular flexibility index (Phi) is 5.13. The Balaban J connectivity index is 1.91. The molecule has 144 valence electrons. The van der Waals surface area contributed by atoms with Gasteiger partial charge in [0.2, 0.25) is 5.82 Å².